The first-order valence-electron chi connectivity index (χ1n) is 11.3. The maximum absolute atomic E-state index is 13.5. The second-order valence-corrected chi connectivity index (χ2v) is 10.9. The van der Waals surface area contributed by atoms with Crippen LogP contribution in [0.15, 0.2) is 29.2 Å². The van der Waals surface area contributed by atoms with Crippen LogP contribution in [0.25, 0.3) is 0 Å². The number of nitro groups is 1. The van der Waals surface area contributed by atoms with Gasteiger partial charge in [-0.2, -0.15) is 4.31 Å². The van der Waals surface area contributed by atoms with Crippen LogP contribution in [0.5, 0.6) is 0 Å². The molecule has 1 aliphatic rings. The molecule has 0 bridgehead atoms. The highest BCUT2D eigenvalue weighted by molar-refractivity contribution is 7.89. The van der Waals surface area contributed by atoms with E-state index in [1.807, 2.05) is 47.6 Å². The Bertz CT molecular complexity index is 1210. The lowest BCUT2D eigenvalue weighted by Crippen LogP contribution is -2.49. The van der Waals surface area contributed by atoms with Gasteiger partial charge in [-0.05, 0) is 75.9 Å². The number of nitro benzene ring substituents is 1. The highest BCUT2D eigenvalue weighted by Gasteiger charge is 2.33. The highest BCUT2D eigenvalue weighted by Crippen LogP contribution is 2.33. The first-order chi connectivity index (χ1) is 15.8. The standard InChI is InChI=1S/C24H32N4O5S/c1-15(2)25-24(29)20-7-8-21(22(14-20)28(30)31)26-9-11-27(12-10-26)34(32,33)23-18(5)16(3)13-17(4)19(23)6/h7-8,13-15H,9-12H2,1-6H3,(H,25,29). The number of carbonyl (C=O) groups is 1. The molecule has 1 N–H and O–H groups in total. The van der Waals surface area contributed by atoms with Crippen molar-refractivity contribution in [1.82, 2.24) is 9.62 Å². The number of rotatable bonds is 6. The van der Waals surface area contributed by atoms with Gasteiger partial charge in [-0.1, -0.05) is 6.07 Å². The van der Waals surface area contributed by atoms with E-state index in [2.05, 4.69) is 5.32 Å². The van der Waals surface area contributed by atoms with Crippen molar-refractivity contribution in [2.45, 2.75) is 52.5 Å². The SMILES string of the molecule is Cc1cc(C)c(C)c(S(=O)(=O)N2CCN(c3ccc(C(=O)NC(C)C)cc3[N+](=O)[O-])CC2)c1C. The molecule has 0 aromatic heterocycles. The van der Waals surface area contributed by atoms with Gasteiger partial charge in [0.25, 0.3) is 11.6 Å². The molecule has 1 fully saturated rings. The molecule has 0 aliphatic carbocycles. The van der Waals surface area contributed by atoms with Gasteiger partial charge in [0.15, 0.2) is 0 Å². The molecule has 2 aromatic carbocycles. The number of nitrogens with zero attached hydrogens (tertiary/aromatic N) is 3. The molecule has 1 saturated heterocycles. The largest absolute Gasteiger partial charge is 0.363 e. The Kier molecular flexibility index (Phi) is 7.32. The molecule has 184 valence electrons. The normalized spacial score (nSPS) is 15.0. The van der Waals surface area contributed by atoms with E-state index in [4.69, 9.17) is 0 Å². The average Bonchev–Trinajstić information content (AvgIpc) is 2.77. The first-order valence-corrected chi connectivity index (χ1v) is 12.7. The van der Waals surface area contributed by atoms with Gasteiger partial charge in [0.2, 0.25) is 10.0 Å². The zero-order chi connectivity index (χ0) is 25.4. The number of hydrogen-bond donors (Lipinski definition) is 1. The van der Waals surface area contributed by atoms with Crippen LogP contribution < -0.4 is 10.2 Å². The van der Waals surface area contributed by atoms with E-state index in [0.717, 1.165) is 22.3 Å². The third kappa shape index (κ3) is 4.92. The van der Waals surface area contributed by atoms with Gasteiger partial charge >= 0.3 is 0 Å². The first kappa shape index (κ1) is 25.6. The topological polar surface area (TPSA) is 113 Å². The van der Waals surface area contributed by atoms with E-state index >= 15 is 0 Å². The number of hydrogen-bond acceptors (Lipinski definition) is 6. The van der Waals surface area contributed by atoms with E-state index in [1.165, 1.54) is 10.4 Å². The molecule has 9 nitrogen and oxygen atoms in total. The maximum Gasteiger partial charge on any atom is 0.293 e. The van der Waals surface area contributed by atoms with Crippen LogP contribution in [0, 0.1) is 37.8 Å². The molecular formula is C24H32N4O5S. The monoisotopic (exact) mass is 488 g/mol. The fraction of sp³-hybridized carbons (Fsp3) is 0.458. The van der Waals surface area contributed by atoms with E-state index < -0.39 is 14.9 Å². The van der Waals surface area contributed by atoms with E-state index in [9.17, 15) is 23.3 Å². The zero-order valence-corrected chi connectivity index (χ0v) is 21.3. The van der Waals surface area contributed by atoms with Crippen LogP contribution in [-0.4, -0.2) is 55.8 Å². The number of aryl methyl sites for hydroxylation is 2. The maximum atomic E-state index is 13.5. The van der Waals surface area contributed by atoms with Crippen molar-refractivity contribution >= 4 is 27.3 Å². The third-order valence-corrected chi connectivity index (χ3v) is 8.50. The minimum atomic E-state index is -3.71. The van der Waals surface area contributed by atoms with Crippen molar-refractivity contribution < 1.29 is 18.1 Å². The molecule has 0 saturated carbocycles. The highest BCUT2D eigenvalue weighted by atomic mass is 32.2. The van der Waals surface area contributed by atoms with Crippen molar-refractivity contribution in [3.63, 3.8) is 0 Å². The van der Waals surface area contributed by atoms with E-state index in [1.54, 1.807) is 17.0 Å². The molecule has 0 spiro atoms. The molecule has 0 radical (unpaired) electrons. The lowest BCUT2D eigenvalue weighted by Gasteiger charge is -2.35. The Hall–Kier alpha value is -2.98. The summed E-state index contributed by atoms with van der Waals surface area (Å²) in [6, 6.07) is 6.30. The van der Waals surface area contributed by atoms with Crippen LogP contribution in [0.3, 0.4) is 0 Å². The summed E-state index contributed by atoms with van der Waals surface area (Å²) in [5, 5.41) is 14.5. The molecular weight excluding hydrogens is 456 g/mol. The summed E-state index contributed by atoms with van der Waals surface area (Å²) < 4.78 is 28.5. The predicted molar refractivity (Wildman–Crippen MR) is 132 cm³/mol. The Balaban J connectivity index is 1.85. The fourth-order valence-corrected chi connectivity index (χ4v) is 6.29. The zero-order valence-electron chi connectivity index (χ0n) is 20.5. The van der Waals surface area contributed by atoms with Gasteiger partial charge in [-0.15, -0.1) is 0 Å². The lowest BCUT2D eigenvalue weighted by molar-refractivity contribution is -0.384. The van der Waals surface area contributed by atoms with Crippen molar-refractivity contribution in [1.29, 1.82) is 0 Å². The summed E-state index contributed by atoms with van der Waals surface area (Å²) >= 11 is 0. The Morgan fingerprint density at radius 1 is 1.00 bits per heavy atom. The van der Waals surface area contributed by atoms with Crippen LogP contribution in [0.4, 0.5) is 11.4 Å². The smallest absolute Gasteiger partial charge is 0.293 e. The second-order valence-electron chi connectivity index (χ2n) is 9.07. The van der Waals surface area contributed by atoms with Crippen molar-refractivity contribution in [3.8, 4) is 0 Å². The van der Waals surface area contributed by atoms with Gasteiger partial charge in [0.1, 0.15) is 5.69 Å². The number of sulfonamides is 1. The molecule has 2 aromatic rings. The average molecular weight is 489 g/mol. The van der Waals surface area contributed by atoms with Crippen LogP contribution >= 0.6 is 0 Å². The molecule has 0 unspecified atom stereocenters. The Morgan fingerprint density at radius 3 is 2.06 bits per heavy atom. The summed E-state index contributed by atoms with van der Waals surface area (Å²) in [4.78, 5) is 25.7. The molecule has 1 amide bonds. The van der Waals surface area contributed by atoms with Gasteiger partial charge in [-0.3, -0.25) is 14.9 Å². The van der Waals surface area contributed by atoms with Crippen molar-refractivity contribution in [2.24, 2.45) is 0 Å². The van der Waals surface area contributed by atoms with E-state index in [0.29, 0.717) is 23.7 Å². The predicted octanol–water partition coefficient (Wildman–Crippen LogP) is 3.48. The summed E-state index contributed by atoms with van der Waals surface area (Å²) in [7, 11) is -3.71. The number of benzene rings is 2. The van der Waals surface area contributed by atoms with Gasteiger partial charge in [0, 0.05) is 43.9 Å². The minimum Gasteiger partial charge on any atom is -0.363 e. The summed E-state index contributed by atoms with van der Waals surface area (Å²) in [6.07, 6.45) is 0. The lowest BCUT2D eigenvalue weighted by atomic mass is 10.0. The Morgan fingerprint density at radius 2 is 1.56 bits per heavy atom. The fourth-order valence-electron chi connectivity index (χ4n) is 4.29. The van der Waals surface area contributed by atoms with Crippen molar-refractivity contribution in [2.75, 3.05) is 31.1 Å². The molecule has 1 heterocycles. The number of nitrogens with one attached hydrogen (secondary N) is 1. The molecule has 10 heteroatoms. The number of anilines is 1. The molecule has 0 atom stereocenters. The van der Waals surface area contributed by atoms with Gasteiger partial charge < -0.3 is 10.2 Å². The van der Waals surface area contributed by atoms with Gasteiger partial charge in [0.05, 0.1) is 9.82 Å². The Labute approximate surface area is 201 Å². The summed E-state index contributed by atoms with van der Waals surface area (Å²) in [6.45, 7) is 12.1. The number of piperazine rings is 1. The molecule has 1 aliphatic heterocycles. The van der Waals surface area contributed by atoms with Crippen LogP contribution in [0.2, 0.25) is 0 Å². The summed E-state index contributed by atoms with van der Waals surface area (Å²) in [5.41, 5.74) is 3.77. The quantitative estimate of drug-likeness (QED) is 0.492. The van der Waals surface area contributed by atoms with E-state index in [-0.39, 0.29) is 36.3 Å². The number of amides is 1. The molecule has 34 heavy (non-hydrogen) atoms. The number of carbonyl (C=O) groups excluding carboxylic acids is 1. The minimum absolute atomic E-state index is 0.0919. The summed E-state index contributed by atoms with van der Waals surface area (Å²) in [5.74, 6) is -0.375. The third-order valence-electron chi connectivity index (χ3n) is 6.33. The van der Waals surface area contributed by atoms with Crippen LogP contribution in [0.1, 0.15) is 46.5 Å². The van der Waals surface area contributed by atoms with Gasteiger partial charge in [-0.25, -0.2) is 8.42 Å². The second kappa shape index (κ2) is 9.71. The van der Waals surface area contributed by atoms with Crippen molar-refractivity contribution in [3.05, 3.63) is 62.2 Å². The van der Waals surface area contributed by atoms with Crippen LogP contribution in [-0.2, 0) is 10.0 Å². The molecule has 3 rings (SSSR count).